The van der Waals surface area contributed by atoms with Crippen LogP contribution in [0.3, 0.4) is 0 Å². The summed E-state index contributed by atoms with van der Waals surface area (Å²) in [5.41, 5.74) is 0.994. The van der Waals surface area contributed by atoms with Crippen LogP contribution in [-0.2, 0) is 16.4 Å². The standard InChI is InChI=1S/C13H20ClNO3S/c1-18-13-7-3-2-6-12(13)8-10-15-19(16,17)11-5-4-9-14/h2-3,6-7,15H,4-5,8-11H2,1H3. The number of rotatable bonds is 9. The molecule has 1 aromatic carbocycles. The number of hydrogen-bond donors (Lipinski definition) is 1. The zero-order chi connectivity index (χ0) is 14.1. The molecule has 6 heteroatoms. The van der Waals surface area contributed by atoms with Gasteiger partial charge in [0.25, 0.3) is 0 Å². The fourth-order valence-electron chi connectivity index (χ4n) is 1.71. The Morgan fingerprint density at radius 3 is 2.68 bits per heavy atom. The molecule has 0 unspecified atom stereocenters. The van der Waals surface area contributed by atoms with Crippen LogP contribution in [0.2, 0.25) is 0 Å². The largest absolute Gasteiger partial charge is 0.496 e. The Labute approximate surface area is 120 Å². The van der Waals surface area contributed by atoms with Gasteiger partial charge in [0.05, 0.1) is 12.9 Å². The minimum Gasteiger partial charge on any atom is -0.496 e. The van der Waals surface area contributed by atoms with Gasteiger partial charge < -0.3 is 4.74 Å². The molecule has 0 atom stereocenters. The van der Waals surface area contributed by atoms with E-state index in [9.17, 15) is 8.42 Å². The second-order valence-corrected chi connectivity index (χ2v) is 6.48. The van der Waals surface area contributed by atoms with Gasteiger partial charge in [-0.3, -0.25) is 0 Å². The fraction of sp³-hybridized carbons (Fsp3) is 0.538. The third-order valence-electron chi connectivity index (χ3n) is 2.71. The van der Waals surface area contributed by atoms with Crippen LogP contribution in [0.1, 0.15) is 18.4 Å². The Morgan fingerprint density at radius 2 is 2.00 bits per heavy atom. The maximum Gasteiger partial charge on any atom is 0.211 e. The van der Waals surface area contributed by atoms with Gasteiger partial charge in [0.2, 0.25) is 10.0 Å². The van der Waals surface area contributed by atoms with Crippen molar-refractivity contribution in [1.29, 1.82) is 0 Å². The lowest BCUT2D eigenvalue weighted by atomic mass is 10.1. The summed E-state index contributed by atoms with van der Waals surface area (Å²) < 4.78 is 31.1. The summed E-state index contributed by atoms with van der Waals surface area (Å²) in [5.74, 6) is 1.41. The van der Waals surface area contributed by atoms with E-state index in [2.05, 4.69) is 4.72 Å². The molecule has 0 heterocycles. The summed E-state index contributed by atoms with van der Waals surface area (Å²) in [5, 5.41) is 0. The van der Waals surface area contributed by atoms with E-state index in [-0.39, 0.29) is 5.75 Å². The Kier molecular flexibility index (Phi) is 7.20. The van der Waals surface area contributed by atoms with Gasteiger partial charge in [-0.15, -0.1) is 11.6 Å². The maximum atomic E-state index is 11.7. The van der Waals surface area contributed by atoms with Crippen molar-refractivity contribution >= 4 is 21.6 Å². The second-order valence-electron chi connectivity index (χ2n) is 4.17. The number of benzene rings is 1. The average molecular weight is 306 g/mol. The molecule has 1 rings (SSSR count). The summed E-state index contributed by atoms with van der Waals surface area (Å²) in [6.45, 7) is 0.379. The normalized spacial score (nSPS) is 11.5. The van der Waals surface area contributed by atoms with Gasteiger partial charge in [0.1, 0.15) is 5.75 Å². The Morgan fingerprint density at radius 1 is 1.26 bits per heavy atom. The molecule has 0 amide bonds. The van der Waals surface area contributed by atoms with Crippen molar-refractivity contribution in [3.05, 3.63) is 29.8 Å². The zero-order valence-corrected chi connectivity index (χ0v) is 12.6. The van der Waals surface area contributed by atoms with E-state index in [0.717, 1.165) is 17.7 Å². The smallest absolute Gasteiger partial charge is 0.211 e. The van der Waals surface area contributed by atoms with Gasteiger partial charge in [0.15, 0.2) is 0 Å². The molecular weight excluding hydrogens is 286 g/mol. The van der Waals surface area contributed by atoms with E-state index in [1.54, 1.807) is 7.11 Å². The maximum absolute atomic E-state index is 11.7. The quantitative estimate of drug-likeness (QED) is 0.562. The van der Waals surface area contributed by atoms with Crippen LogP contribution in [0.25, 0.3) is 0 Å². The lowest BCUT2D eigenvalue weighted by Gasteiger charge is -2.09. The molecule has 1 aromatic rings. The molecule has 108 valence electrons. The molecule has 0 fully saturated rings. The highest BCUT2D eigenvalue weighted by Gasteiger charge is 2.09. The van der Waals surface area contributed by atoms with Gasteiger partial charge >= 0.3 is 0 Å². The van der Waals surface area contributed by atoms with E-state index < -0.39 is 10.0 Å². The van der Waals surface area contributed by atoms with E-state index in [1.807, 2.05) is 24.3 Å². The third-order valence-corrected chi connectivity index (χ3v) is 4.44. The van der Waals surface area contributed by atoms with Crippen LogP contribution < -0.4 is 9.46 Å². The van der Waals surface area contributed by atoms with Crippen LogP contribution in [-0.4, -0.2) is 33.7 Å². The second kappa shape index (κ2) is 8.40. The summed E-state index contributed by atoms with van der Waals surface area (Å²) in [4.78, 5) is 0. The highest BCUT2D eigenvalue weighted by atomic mass is 35.5. The van der Waals surface area contributed by atoms with Crippen molar-refractivity contribution in [2.75, 3.05) is 25.3 Å². The molecule has 0 aromatic heterocycles. The van der Waals surface area contributed by atoms with E-state index in [4.69, 9.17) is 16.3 Å². The van der Waals surface area contributed by atoms with Gasteiger partial charge in [-0.25, -0.2) is 13.1 Å². The number of alkyl halides is 1. The number of halogens is 1. The van der Waals surface area contributed by atoms with Crippen LogP contribution in [0, 0.1) is 0 Å². The zero-order valence-electron chi connectivity index (χ0n) is 11.1. The first-order valence-electron chi connectivity index (χ1n) is 6.24. The molecule has 0 spiro atoms. The van der Waals surface area contributed by atoms with Crippen LogP contribution in [0.5, 0.6) is 5.75 Å². The average Bonchev–Trinajstić information content (AvgIpc) is 2.39. The number of ether oxygens (including phenoxy) is 1. The van der Waals surface area contributed by atoms with Crippen molar-refractivity contribution in [1.82, 2.24) is 4.72 Å². The molecule has 0 aliphatic carbocycles. The molecule has 19 heavy (non-hydrogen) atoms. The monoisotopic (exact) mass is 305 g/mol. The highest BCUT2D eigenvalue weighted by Crippen LogP contribution is 2.17. The summed E-state index contributed by atoms with van der Waals surface area (Å²) in [6.07, 6.45) is 1.92. The van der Waals surface area contributed by atoms with E-state index in [1.165, 1.54) is 0 Å². The SMILES string of the molecule is COc1ccccc1CCNS(=O)(=O)CCCCCl. The molecule has 0 saturated carbocycles. The number of sulfonamides is 1. The van der Waals surface area contributed by atoms with Crippen molar-refractivity contribution in [2.45, 2.75) is 19.3 Å². The number of nitrogens with one attached hydrogen (secondary N) is 1. The molecule has 1 N–H and O–H groups in total. The fourth-order valence-corrected chi connectivity index (χ4v) is 3.04. The lowest BCUT2D eigenvalue weighted by molar-refractivity contribution is 0.409. The van der Waals surface area contributed by atoms with E-state index in [0.29, 0.717) is 25.3 Å². The minimum atomic E-state index is -3.19. The first-order valence-corrected chi connectivity index (χ1v) is 8.43. The van der Waals surface area contributed by atoms with Crippen LogP contribution in [0.15, 0.2) is 24.3 Å². The van der Waals surface area contributed by atoms with Crippen molar-refractivity contribution in [2.24, 2.45) is 0 Å². The molecule has 0 radical (unpaired) electrons. The Balaban J connectivity index is 2.41. The van der Waals surface area contributed by atoms with Crippen molar-refractivity contribution < 1.29 is 13.2 Å². The van der Waals surface area contributed by atoms with Gasteiger partial charge in [-0.05, 0) is 30.9 Å². The Bertz CT molecular complexity index is 477. The topological polar surface area (TPSA) is 55.4 Å². The number of unbranched alkanes of at least 4 members (excludes halogenated alkanes) is 1. The summed E-state index contributed by atoms with van der Waals surface area (Å²) >= 11 is 5.52. The predicted octanol–water partition coefficient (Wildman–Crippen LogP) is 2.18. The first kappa shape index (κ1) is 16.3. The minimum absolute atomic E-state index is 0.131. The molecule has 0 aliphatic heterocycles. The number of methoxy groups -OCH3 is 1. The number of hydrogen-bond acceptors (Lipinski definition) is 3. The van der Waals surface area contributed by atoms with E-state index >= 15 is 0 Å². The molecule has 0 saturated heterocycles. The highest BCUT2D eigenvalue weighted by molar-refractivity contribution is 7.89. The third kappa shape index (κ3) is 6.27. The predicted molar refractivity (Wildman–Crippen MR) is 78.4 cm³/mol. The molecule has 0 bridgehead atoms. The van der Waals surface area contributed by atoms with Crippen molar-refractivity contribution in [3.8, 4) is 5.75 Å². The van der Waals surface area contributed by atoms with Gasteiger partial charge in [0, 0.05) is 12.4 Å². The Hall–Kier alpha value is -0.780. The van der Waals surface area contributed by atoms with Crippen molar-refractivity contribution in [3.63, 3.8) is 0 Å². The first-order chi connectivity index (χ1) is 9.09. The summed E-state index contributed by atoms with van der Waals surface area (Å²) in [7, 11) is -1.59. The number of para-hydroxylation sites is 1. The molecule has 4 nitrogen and oxygen atoms in total. The molecular formula is C13H20ClNO3S. The molecule has 0 aliphatic rings. The van der Waals surface area contributed by atoms with Crippen LogP contribution >= 0.6 is 11.6 Å². The van der Waals surface area contributed by atoms with Gasteiger partial charge in [-0.1, -0.05) is 18.2 Å². The summed E-state index contributed by atoms with van der Waals surface area (Å²) in [6, 6.07) is 7.59. The van der Waals surface area contributed by atoms with Gasteiger partial charge in [-0.2, -0.15) is 0 Å². The van der Waals surface area contributed by atoms with Crippen LogP contribution in [0.4, 0.5) is 0 Å². The lowest BCUT2D eigenvalue weighted by Crippen LogP contribution is -2.28.